The number of nitrogens with zero attached hydrogens (tertiary/aromatic N) is 3. The SMILES string of the molecule is Cc1nc(C(=O)Nc2ccc3oc(=O)[nH]c3c2)nn1-c1ccc(Cl)cc1. The Balaban J connectivity index is 1.60. The minimum absolute atomic E-state index is 0.0261. The molecule has 0 atom stereocenters. The summed E-state index contributed by atoms with van der Waals surface area (Å²) in [5.41, 5.74) is 2.13. The van der Waals surface area contributed by atoms with Crippen LogP contribution in [0.3, 0.4) is 0 Å². The first-order chi connectivity index (χ1) is 12.5. The van der Waals surface area contributed by atoms with Crippen molar-refractivity contribution in [2.45, 2.75) is 6.92 Å². The van der Waals surface area contributed by atoms with Gasteiger partial charge >= 0.3 is 5.76 Å². The molecular formula is C17H12ClN5O3. The second kappa shape index (κ2) is 6.16. The van der Waals surface area contributed by atoms with Crippen LogP contribution >= 0.6 is 11.6 Å². The number of halogens is 1. The van der Waals surface area contributed by atoms with Crippen LogP contribution in [-0.4, -0.2) is 25.7 Å². The van der Waals surface area contributed by atoms with Crippen LogP contribution in [0.4, 0.5) is 5.69 Å². The van der Waals surface area contributed by atoms with Crippen molar-refractivity contribution in [2.24, 2.45) is 0 Å². The van der Waals surface area contributed by atoms with Crippen LogP contribution in [0.1, 0.15) is 16.4 Å². The predicted molar refractivity (Wildman–Crippen MR) is 95.9 cm³/mol. The molecule has 4 rings (SSSR count). The van der Waals surface area contributed by atoms with Gasteiger partial charge in [0.25, 0.3) is 5.91 Å². The summed E-state index contributed by atoms with van der Waals surface area (Å²) >= 11 is 5.89. The van der Waals surface area contributed by atoms with Crippen LogP contribution < -0.4 is 11.1 Å². The summed E-state index contributed by atoms with van der Waals surface area (Å²) in [6.07, 6.45) is 0. The minimum Gasteiger partial charge on any atom is -0.408 e. The first-order valence-corrected chi connectivity index (χ1v) is 8.01. The van der Waals surface area contributed by atoms with E-state index in [4.69, 9.17) is 16.0 Å². The second-order valence-corrected chi connectivity index (χ2v) is 5.99. The minimum atomic E-state index is -0.553. The van der Waals surface area contributed by atoms with Gasteiger partial charge in [0.05, 0.1) is 11.2 Å². The van der Waals surface area contributed by atoms with Crippen LogP contribution in [-0.2, 0) is 0 Å². The van der Waals surface area contributed by atoms with Gasteiger partial charge in [-0.1, -0.05) is 11.6 Å². The molecule has 0 unspecified atom stereocenters. The average molecular weight is 370 g/mol. The lowest BCUT2D eigenvalue weighted by Gasteiger charge is -2.03. The number of aromatic amines is 1. The number of carbonyl (C=O) groups excluding carboxylic acids is 1. The Morgan fingerprint density at radius 2 is 2.00 bits per heavy atom. The van der Waals surface area contributed by atoms with Crippen molar-refractivity contribution in [3.63, 3.8) is 0 Å². The Bertz CT molecular complexity index is 1170. The number of H-pyrrole nitrogens is 1. The molecule has 0 saturated carbocycles. The number of hydrogen-bond donors (Lipinski definition) is 2. The van der Waals surface area contributed by atoms with E-state index in [0.717, 1.165) is 5.69 Å². The molecule has 2 heterocycles. The van der Waals surface area contributed by atoms with Gasteiger partial charge in [-0.3, -0.25) is 9.78 Å². The molecule has 9 heteroatoms. The van der Waals surface area contributed by atoms with Gasteiger partial charge in [0.1, 0.15) is 5.82 Å². The largest absolute Gasteiger partial charge is 0.417 e. The smallest absolute Gasteiger partial charge is 0.408 e. The normalized spacial score (nSPS) is 11.0. The summed E-state index contributed by atoms with van der Waals surface area (Å²) in [6.45, 7) is 1.75. The van der Waals surface area contributed by atoms with Crippen LogP contribution in [0, 0.1) is 6.92 Å². The lowest BCUT2D eigenvalue weighted by molar-refractivity contribution is 0.101. The van der Waals surface area contributed by atoms with E-state index in [-0.39, 0.29) is 5.82 Å². The van der Waals surface area contributed by atoms with Crippen LogP contribution in [0.2, 0.25) is 5.02 Å². The predicted octanol–water partition coefficient (Wildman–Crippen LogP) is 2.92. The highest BCUT2D eigenvalue weighted by Gasteiger charge is 2.16. The van der Waals surface area contributed by atoms with Crippen LogP contribution in [0.25, 0.3) is 16.8 Å². The number of oxazole rings is 1. The molecule has 2 aromatic carbocycles. The number of nitrogens with one attached hydrogen (secondary N) is 2. The van der Waals surface area contributed by atoms with Gasteiger partial charge in [-0.05, 0) is 49.4 Å². The third-order valence-electron chi connectivity index (χ3n) is 3.72. The molecule has 26 heavy (non-hydrogen) atoms. The molecule has 8 nitrogen and oxygen atoms in total. The number of aromatic nitrogens is 4. The lowest BCUT2D eigenvalue weighted by atomic mass is 10.3. The molecule has 2 N–H and O–H groups in total. The van der Waals surface area contributed by atoms with Crippen molar-refractivity contribution >= 4 is 34.3 Å². The quantitative estimate of drug-likeness (QED) is 0.577. The Labute approximate surface area is 151 Å². The zero-order valence-electron chi connectivity index (χ0n) is 13.5. The Morgan fingerprint density at radius 3 is 2.77 bits per heavy atom. The molecule has 0 aliphatic rings. The van der Waals surface area contributed by atoms with Gasteiger partial charge in [0.2, 0.25) is 5.82 Å². The lowest BCUT2D eigenvalue weighted by Crippen LogP contribution is -2.14. The zero-order chi connectivity index (χ0) is 18.3. The van der Waals surface area contributed by atoms with E-state index in [1.807, 2.05) is 0 Å². The van der Waals surface area contributed by atoms with Crippen LogP contribution in [0.15, 0.2) is 51.7 Å². The maximum Gasteiger partial charge on any atom is 0.417 e. The summed E-state index contributed by atoms with van der Waals surface area (Å²) in [7, 11) is 0. The number of fused-ring (bicyclic) bond motifs is 1. The fraction of sp³-hybridized carbons (Fsp3) is 0.0588. The molecule has 0 radical (unpaired) electrons. The number of anilines is 1. The number of benzene rings is 2. The maximum atomic E-state index is 12.4. The van der Waals surface area contributed by atoms with Crippen molar-refractivity contribution in [3.8, 4) is 5.69 Å². The molecule has 0 fully saturated rings. The third kappa shape index (κ3) is 2.98. The Morgan fingerprint density at radius 1 is 1.23 bits per heavy atom. The van der Waals surface area contributed by atoms with Gasteiger partial charge in [-0.25, -0.2) is 14.5 Å². The summed E-state index contributed by atoms with van der Waals surface area (Å²) < 4.78 is 6.49. The molecule has 4 aromatic rings. The molecule has 0 saturated heterocycles. The average Bonchev–Trinajstić information content (AvgIpc) is 3.17. The standard InChI is InChI=1S/C17H12ClN5O3/c1-9-19-15(22-23(9)12-5-2-10(18)3-6-12)16(24)20-11-4-7-14-13(8-11)21-17(25)26-14/h2-8H,1H3,(H,20,24)(H,21,25). The molecule has 2 aromatic heterocycles. The van der Waals surface area contributed by atoms with E-state index in [0.29, 0.717) is 27.6 Å². The van der Waals surface area contributed by atoms with Gasteiger partial charge in [-0.2, -0.15) is 0 Å². The highest BCUT2D eigenvalue weighted by Crippen LogP contribution is 2.17. The van der Waals surface area contributed by atoms with E-state index in [9.17, 15) is 9.59 Å². The van der Waals surface area contributed by atoms with Gasteiger partial charge in [-0.15, -0.1) is 5.10 Å². The second-order valence-electron chi connectivity index (χ2n) is 5.55. The van der Waals surface area contributed by atoms with Gasteiger partial charge in [0.15, 0.2) is 5.58 Å². The van der Waals surface area contributed by atoms with Crippen molar-refractivity contribution in [2.75, 3.05) is 5.32 Å². The topological polar surface area (TPSA) is 106 Å². The summed E-state index contributed by atoms with van der Waals surface area (Å²) in [6, 6.07) is 11.9. The van der Waals surface area contributed by atoms with E-state index >= 15 is 0 Å². The first kappa shape index (κ1) is 16.1. The van der Waals surface area contributed by atoms with Crippen LogP contribution in [0.5, 0.6) is 0 Å². The highest BCUT2D eigenvalue weighted by atomic mass is 35.5. The van der Waals surface area contributed by atoms with E-state index in [1.165, 1.54) is 0 Å². The van der Waals surface area contributed by atoms with E-state index < -0.39 is 11.7 Å². The third-order valence-corrected chi connectivity index (χ3v) is 3.97. The van der Waals surface area contributed by atoms with Crippen molar-refractivity contribution in [3.05, 3.63) is 69.7 Å². The molecule has 0 aliphatic carbocycles. The molecule has 0 spiro atoms. The Hall–Kier alpha value is -3.39. The number of aryl methyl sites for hydroxylation is 1. The van der Waals surface area contributed by atoms with Crippen molar-refractivity contribution in [1.82, 2.24) is 19.7 Å². The van der Waals surface area contributed by atoms with E-state index in [2.05, 4.69) is 20.4 Å². The molecule has 0 bridgehead atoms. The fourth-order valence-corrected chi connectivity index (χ4v) is 2.66. The number of hydrogen-bond acceptors (Lipinski definition) is 5. The number of rotatable bonds is 3. The van der Waals surface area contributed by atoms with Crippen molar-refractivity contribution < 1.29 is 9.21 Å². The zero-order valence-corrected chi connectivity index (χ0v) is 14.2. The Kier molecular flexibility index (Phi) is 3.81. The van der Waals surface area contributed by atoms with Gasteiger partial charge < -0.3 is 9.73 Å². The fourth-order valence-electron chi connectivity index (χ4n) is 2.53. The summed E-state index contributed by atoms with van der Waals surface area (Å²) in [4.78, 5) is 30.4. The number of amides is 1. The molecule has 1 amide bonds. The summed E-state index contributed by atoms with van der Waals surface area (Å²) in [5, 5.41) is 7.55. The monoisotopic (exact) mass is 369 g/mol. The molecular weight excluding hydrogens is 358 g/mol. The highest BCUT2D eigenvalue weighted by molar-refractivity contribution is 6.30. The summed E-state index contributed by atoms with van der Waals surface area (Å²) in [5.74, 6) is -0.432. The van der Waals surface area contributed by atoms with E-state index in [1.54, 1.807) is 54.1 Å². The number of carbonyl (C=O) groups is 1. The van der Waals surface area contributed by atoms with Gasteiger partial charge in [0, 0.05) is 10.7 Å². The molecule has 130 valence electrons. The van der Waals surface area contributed by atoms with Crippen molar-refractivity contribution in [1.29, 1.82) is 0 Å². The molecule has 0 aliphatic heterocycles. The first-order valence-electron chi connectivity index (χ1n) is 7.63. The maximum absolute atomic E-state index is 12.4.